The van der Waals surface area contributed by atoms with Crippen LogP contribution in [0.4, 0.5) is 8.78 Å². The maximum atomic E-state index is 14.1. The number of halogens is 2. The molecule has 0 aromatic heterocycles. The lowest BCUT2D eigenvalue weighted by molar-refractivity contribution is 0.568. The molecule has 1 N–H and O–H groups in total. The molecule has 0 aliphatic carbocycles. The van der Waals surface area contributed by atoms with Crippen molar-refractivity contribution in [2.45, 2.75) is 33.2 Å². The second kappa shape index (κ2) is 6.81. The zero-order valence-corrected chi connectivity index (χ0v) is 12.7. The smallest absolute Gasteiger partial charge is 0.131 e. The van der Waals surface area contributed by atoms with Gasteiger partial charge in [-0.05, 0) is 67.8 Å². The van der Waals surface area contributed by atoms with Gasteiger partial charge in [0, 0.05) is 11.6 Å². The maximum absolute atomic E-state index is 14.1. The van der Waals surface area contributed by atoms with Crippen LogP contribution in [0.2, 0.25) is 0 Å². The van der Waals surface area contributed by atoms with Crippen molar-refractivity contribution in [1.82, 2.24) is 5.32 Å². The van der Waals surface area contributed by atoms with E-state index in [0.29, 0.717) is 11.1 Å². The Kier molecular flexibility index (Phi) is 5.07. The summed E-state index contributed by atoms with van der Waals surface area (Å²) in [6.45, 7) is 6.92. The Morgan fingerprint density at radius 1 is 1.05 bits per heavy atom. The Bertz CT molecular complexity index is 623. The van der Waals surface area contributed by atoms with Crippen LogP contribution in [-0.2, 0) is 0 Å². The van der Waals surface area contributed by atoms with Crippen molar-refractivity contribution in [2.75, 3.05) is 6.54 Å². The van der Waals surface area contributed by atoms with Gasteiger partial charge in [-0.25, -0.2) is 8.78 Å². The molecule has 2 aromatic rings. The fourth-order valence-electron chi connectivity index (χ4n) is 2.38. The second-order valence-corrected chi connectivity index (χ2v) is 5.37. The van der Waals surface area contributed by atoms with E-state index in [-0.39, 0.29) is 17.7 Å². The zero-order chi connectivity index (χ0) is 15.4. The number of aryl methyl sites for hydroxylation is 1. The molecule has 0 radical (unpaired) electrons. The lowest BCUT2D eigenvalue weighted by Crippen LogP contribution is -2.19. The van der Waals surface area contributed by atoms with E-state index in [9.17, 15) is 8.78 Å². The normalized spacial score (nSPS) is 12.4. The van der Waals surface area contributed by atoms with Gasteiger partial charge >= 0.3 is 0 Å². The minimum absolute atomic E-state index is 0.137. The van der Waals surface area contributed by atoms with Crippen LogP contribution in [-0.4, -0.2) is 6.54 Å². The molecule has 0 bridgehead atoms. The highest BCUT2D eigenvalue weighted by Crippen LogP contribution is 2.29. The topological polar surface area (TPSA) is 12.0 Å². The van der Waals surface area contributed by atoms with Gasteiger partial charge in [0.25, 0.3) is 0 Å². The summed E-state index contributed by atoms with van der Waals surface area (Å²) in [4.78, 5) is 0. The molecule has 0 saturated heterocycles. The van der Waals surface area contributed by atoms with Crippen LogP contribution in [0.5, 0.6) is 0 Å². The van der Waals surface area contributed by atoms with Crippen molar-refractivity contribution in [3.05, 3.63) is 59.2 Å². The standard InChI is InChI=1S/C18H21F2N/c1-4-9-21-13(3)14-6-8-18(20)17(10-14)16-11-15(19)7-5-12(16)2/h5-8,10-11,13,21H,4,9H2,1-3H3. The van der Waals surface area contributed by atoms with Gasteiger partial charge in [0.05, 0.1) is 0 Å². The van der Waals surface area contributed by atoms with Gasteiger partial charge < -0.3 is 5.32 Å². The van der Waals surface area contributed by atoms with Crippen molar-refractivity contribution in [3.8, 4) is 11.1 Å². The average molecular weight is 289 g/mol. The van der Waals surface area contributed by atoms with Gasteiger partial charge in [0.2, 0.25) is 0 Å². The van der Waals surface area contributed by atoms with E-state index in [0.717, 1.165) is 24.1 Å². The van der Waals surface area contributed by atoms with Crippen LogP contribution in [0.3, 0.4) is 0 Å². The molecular formula is C18H21F2N. The second-order valence-electron chi connectivity index (χ2n) is 5.37. The van der Waals surface area contributed by atoms with Gasteiger partial charge in [-0.15, -0.1) is 0 Å². The van der Waals surface area contributed by atoms with Gasteiger partial charge in [-0.2, -0.15) is 0 Å². The van der Waals surface area contributed by atoms with Crippen LogP contribution < -0.4 is 5.32 Å². The van der Waals surface area contributed by atoms with Gasteiger partial charge in [0.15, 0.2) is 0 Å². The monoisotopic (exact) mass is 289 g/mol. The number of hydrogen-bond acceptors (Lipinski definition) is 1. The summed E-state index contributed by atoms with van der Waals surface area (Å²) in [5.74, 6) is -0.673. The fraction of sp³-hybridized carbons (Fsp3) is 0.333. The predicted molar refractivity (Wildman–Crippen MR) is 83.2 cm³/mol. The first kappa shape index (κ1) is 15.6. The molecule has 1 atom stereocenters. The first-order valence-electron chi connectivity index (χ1n) is 7.32. The minimum atomic E-state index is -0.349. The predicted octanol–water partition coefficient (Wildman–Crippen LogP) is 5.00. The first-order chi connectivity index (χ1) is 10.0. The Labute approximate surface area is 125 Å². The molecule has 0 saturated carbocycles. The third-order valence-corrected chi connectivity index (χ3v) is 3.68. The quantitative estimate of drug-likeness (QED) is 0.816. The number of hydrogen-bond donors (Lipinski definition) is 1. The summed E-state index contributed by atoms with van der Waals surface area (Å²) in [6, 6.07) is 9.64. The molecule has 1 nitrogen and oxygen atoms in total. The summed E-state index contributed by atoms with van der Waals surface area (Å²) in [7, 11) is 0. The van der Waals surface area contributed by atoms with Gasteiger partial charge in [0.1, 0.15) is 11.6 Å². The van der Waals surface area contributed by atoms with Crippen LogP contribution in [0.1, 0.15) is 37.4 Å². The highest BCUT2D eigenvalue weighted by molar-refractivity contribution is 5.68. The number of nitrogens with one attached hydrogen (secondary N) is 1. The Morgan fingerprint density at radius 2 is 1.81 bits per heavy atom. The highest BCUT2D eigenvalue weighted by Gasteiger charge is 2.12. The minimum Gasteiger partial charge on any atom is -0.310 e. The van der Waals surface area contributed by atoms with E-state index in [1.54, 1.807) is 12.1 Å². The maximum Gasteiger partial charge on any atom is 0.131 e. The van der Waals surface area contributed by atoms with E-state index >= 15 is 0 Å². The van der Waals surface area contributed by atoms with Crippen molar-refractivity contribution in [3.63, 3.8) is 0 Å². The van der Waals surface area contributed by atoms with Crippen LogP contribution in [0.15, 0.2) is 36.4 Å². The van der Waals surface area contributed by atoms with E-state index in [1.165, 1.54) is 18.2 Å². The van der Waals surface area contributed by atoms with Crippen molar-refractivity contribution in [1.29, 1.82) is 0 Å². The zero-order valence-electron chi connectivity index (χ0n) is 12.7. The molecule has 0 heterocycles. The molecule has 0 spiro atoms. The molecule has 0 aliphatic heterocycles. The van der Waals surface area contributed by atoms with E-state index in [4.69, 9.17) is 0 Å². The van der Waals surface area contributed by atoms with Crippen molar-refractivity contribution < 1.29 is 8.78 Å². The molecule has 21 heavy (non-hydrogen) atoms. The summed E-state index contributed by atoms with van der Waals surface area (Å²) in [6.07, 6.45) is 1.04. The number of rotatable bonds is 5. The molecule has 2 rings (SSSR count). The summed E-state index contributed by atoms with van der Waals surface area (Å²) >= 11 is 0. The lowest BCUT2D eigenvalue weighted by atomic mass is 9.96. The van der Waals surface area contributed by atoms with E-state index in [1.807, 2.05) is 19.9 Å². The molecule has 3 heteroatoms. The van der Waals surface area contributed by atoms with Crippen molar-refractivity contribution in [2.24, 2.45) is 0 Å². The third-order valence-electron chi connectivity index (χ3n) is 3.68. The van der Waals surface area contributed by atoms with E-state index in [2.05, 4.69) is 12.2 Å². The molecule has 0 fully saturated rings. The SMILES string of the molecule is CCCNC(C)c1ccc(F)c(-c2cc(F)ccc2C)c1. The van der Waals surface area contributed by atoms with Crippen LogP contribution >= 0.6 is 0 Å². The lowest BCUT2D eigenvalue weighted by Gasteiger charge is -2.16. The van der Waals surface area contributed by atoms with Crippen LogP contribution in [0, 0.1) is 18.6 Å². The Balaban J connectivity index is 2.41. The summed E-state index contributed by atoms with van der Waals surface area (Å²) in [5.41, 5.74) is 2.93. The number of benzene rings is 2. The summed E-state index contributed by atoms with van der Waals surface area (Å²) in [5, 5.41) is 3.38. The first-order valence-corrected chi connectivity index (χ1v) is 7.32. The molecule has 112 valence electrons. The summed E-state index contributed by atoms with van der Waals surface area (Å²) < 4.78 is 27.6. The molecule has 1 unspecified atom stereocenters. The van der Waals surface area contributed by atoms with Gasteiger partial charge in [-0.1, -0.05) is 19.1 Å². The highest BCUT2D eigenvalue weighted by atomic mass is 19.1. The Morgan fingerprint density at radius 3 is 2.52 bits per heavy atom. The largest absolute Gasteiger partial charge is 0.310 e. The average Bonchev–Trinajstić information content (AvgIpc) is 2.48. The molecular weight excluding hydrogens is 268 g/mol. The third kappa shape index (κ3) is 3.67. The Hall–Kier alpha value is -1.74. The molecule has 0 aliphatic rings. The van der Waals surface area contributed by atoms with Crippen molar-refractivity contribution >= 4 is 0 Å². The van der Waals surface area contributed by atoms with E-state index < -0.39 is 0 Å². The van der Waals surface area contributed by atoms with Gasteiger partial charge in [-0.3, -0.25) is 0 Å². The molecule has 0 amide bonds. The van der Waals surface area contributed by atoms with Crippen LogP contribution in [0.25, 0.3) is 11.1 Å². The fourth-order valence-corrected chi connectivity index (χ4v) is 2.38. The molecule has 2 aromatic carbocycles.